The first-order valence-corrected chi connectivity index (χ1v) is 3.07. The Morgan fingerprint density at radius 1 is 1.17 bits per heavy atom. The summed E-state index contributed by atoms with van der Waals surface area (Å²) in [6.45, 7) is 0.804. The molecule has 0 saturated carbocycles. The van der Waals surface area contributed by atoms with E-state index in [2.05, 4.69) is 0 Å². The van der Waals surface area contributed by atoms with Gasteiger partial charge in [-0.2, -0.15) is 17.6 Å². The third kappa shape index (κ3) is 0.811. The first kappa shape index (κ1) is 9.44. The SMILES string of the molecule is CC(O)C1=C(F)C(F)(F)C1(F)F. The summed E-state index contributed by atoms with van der Waals surface area (Å²) in [6.07, 6.45) is -1.89. The maximum atomic E-state index is 12.3. The lowest BCUT2D eigenvalue weighted by atomic mass is 9.84. The molecular weight excluding hydrogens is 183 g/mol. The molecular formula is C6H5F5O. The van der Waals surface area contributed by atoms with E-state index in [1.165, 1.54) is 0 Å². The van der Waals surface area contributed by atoms with Crippen molar-refractivity contribution in [3.8, 4) is 0 Å². The topological polar surface area (TPSA) is 20.2 Å². The molecule has 1 atom stereocenters. The predicted octanol–water partition coefficient (Wildman–Crippen LogP) is 1.88. The van der Waals surface area contributed by atoms with Gasteiger partial charge in [0.15, 0.2) is 5.83 Å². The Bertz CT molecular complexity index is 242. The smallest absolute Gasteiger partial charge is 0.365 e. The lowest BCUT2D eigenvalue weighted by Crippen LogP contribution is -2.55. The lowest BCUT2D eigenvalue weighted by Gasteiger charge is -2.37. The Hall–Kier alpha value is -0.650. The number of aliphatic hydroxyl groups excluding tert-OH is 1. The number of allylic oxidation sites excluding steroid dienone is 1. The van der Waals surface area contributed by atoms with Crippen LogP contribution >= 0.6 is 0 Å². The Kier molecular flexibility index (Phi) is 1.72. The minimum Gasteiger partial charge on any atom is -0.389 e. The zero-order chi connectivity index (χ0) is 9.73. The van der Waals surface area contributed by atoms with Crippen molar-refractivity contribution < 1.29 is 27.1 Å². The van der Waals surface area contributed by atoms with Crippen LogP contribution in [0.15, 0.2) is 11.4 Å². The van der Waals surface area contributed by atoms with Crippen molar-refractivity contribution in [2.75, 3.05) is 0 Å². The van der Waals surface area contributed by atoms with Crippen molar-refractivity contribution in [3.05, 3.63) is 11.4 Å². The zero-order valence-corrected chi connectivity index (χ0v) is 5.91. The molecule has 70 valence electrons. The summed E-state index contributed by atoms with van der Waals surface area (Å²) in [4.78, 5) is 0. The van der Waals surface area contributed by atoms with Gasteiger partial charge in [0.25, 0.3) is 0 Å². The minimum atomic E-state index is -4.75. The van der Waals surface area contributed by atoms with Gasteiger partial charge in [0, 0.05) is 0 Å². The van der Waals surface area contributed by atoms with Gasteiger partial charge >= 0.3 is 11.8 Å². The van der Waals surface area contributed by atoms with Crippen molar-refractivity contribution in [1.82, 2.24) is 0 Å². The fourth-order valence-electron chi connectivity index (χ4n) is 0.997. The maximum absolute atomic E-state index is 12.3. The van der Waals surface area contributed by atoms with Gasteiger partial charge < -0.3 is 5.11 Å². The van der Waals surface area contributed by atoms with E-state index in [-0.39, 0.29) is 0 Å². The van der Waals surface area contributed by atoms with E-state index < -0.39 is 29.3 Å². The molecule has 0 amide bonds. The highest BCUT2D eigenvalue weighted by Crippen LogP contribution is 2.56. The van der Waals surface area contributed by atoms with E-state index in [0.29, 0.717) is 0 Å². The number of halogens is 5. The summed E-state index contributed by atoms with van der Waals surface area (Å²) in [6, 6.07) is 0. The summed E-state index contributed by atoms with van der Waals surface area (Å²) in [5, 5.41) is 8.50. The highest BCUT2D eigenvalue weighted by Gasteiger charge is 2.73. The third-order valence-corrected chi connectivity index (χ3v) is 1.66. The molecule has 6 heteroatoms. The van der Waals surface area contributed by atoms with Crippen LogP contribution in [0.3, 0.4) is 0 Å². The molecule has 1 aliphatic carbocycles. The van der Waals surface area contributed by atoms with Crippen molar-refractivity contribution >= 4 is 0 Å². The van der Waals surface area contributed by atoms with E-state index in [1.54, 1.807) is 0 Å². The van der Waals surface area contributed by atoms with Crippen molar-refractivity contribution in [2.45, 2.75) is 24.9 Å². The first-order chi connectivity index (χ1) is 5.23. The second-order valence-electron chi connectivity index (χ2n) is 2.55. The molecule has 0 heterocycles. The van der Waals surface area contributed by atoms with Crippen LogP contribution in [0.1, 0.15) is 6.92 Å². The van der Waals surface area contributed by atoms with Gasteiger partial charge in [-0.25, -0.2) is 4.39 Å². The zero-order valence-electron chi connectivity index (χ0n) is 5.91. The third-order valence-electron chi connectivity index (χ3n) is 1.66. The van der Waals surface area contributed by atoms with Gasteiger partial charge in [-0.05, 0) is 6.92 Å². The summed E-state index contributed by atoms with van der Waals surface area (Å²) < 4.78 is 60.8. The largest absolute Gasteiger partial charge is 0.389 e. The van der Waals surface area contributed by atoms with Crippen molar-refractivity contribution in [1.29, 1.82) is 0 Å². The molecule has 0 spiro atoms. The molecule has 1 N–H and O–H groups in total. The Morgan fingerprint density at radius 2 is 1.58 bits per heavy atom. The molecule has 0 aliphatic heterocycles. The van der Waals surface area contributed by atoms with Crippen LogP contribution in [-0.4, -0.2) is 23.1 Å². The Labute approximate surface area is 64.5 Å². The van der Waals surface area contributed by atoms with Crippen LogP contribution in [0.4, 0.5) is 22.0 Å². The van der Waals surface area contributed by atoms with Crippen LogP contribution in [0.5, 0.6) is 0 Å². The summed E-state index contributed by atoms with van der Waals surface area (Å²) in [7, 11) is 0. The van der Waals surface area contributed by atoms with Crippen molar-refractivity contribution in [3.63, 3.8) is 0 Å². The number of hydrogen-bond donors (Lipinski definition) is 1. The van der Waals surface area contributed by atoms with Gasteiger partial charge in [0.05, 0.1) is 11.7 Å². The molecule has 0 saturated heterocycles. The van der Waals surface area contributed by atoms with E-state index >= 15 is 0 Å². The standard InChI is InChI=1S/C6H5F5O/c1-2(12)3-4(7)6(10,11)5(3,8)9/h2,12H,1H3. The fourth-order valence-corrected chi connectivity index (χ4v) is 0.997. The van der Waals surface area contributed by atoms with Gasteiger partial charge in [-0.1, -0.05) is 0 Å². The second-order valence-corrected chi connectivity index (χ2v) is 2.55. The summed E-state index contributed by atoms with van der Waals surface area (Å²) in [5.41, 5.74) is -1.52. The maximum Gasteiger partial charge on any atom is 0.365 e. The van der Waals surface area contributed by atoms with Crippen LogP contribution in [-0.2, 0) is 0 Å². The van der Waals surface area contributed by atoms with Gasteiger partial charge in [-0.15, -0.1) is 0 Å². The normalized spacial score (nSPS) is 28.2. The molecule has 1 unspecified atom stereocenters. The molecule has 12 heavy (non-hydrogen) atoms. The average Bonchev–Trinajstić information content (AvgIpc) is 1.85. The quantitative estimate of drug-likeness (QED) is 0.623. The monoisotopic (exact) mass is 188 g/mol. The summed E-state index contributed by atoms with van der Waals surface area (Å²) in [5.74, 6) is -11.5. The number of hydrogen-bond acceptors (Lipinski definition) is 1. The van der Waals surface area contributed by atoms with E-state index in [9.17, 15) is 22.0 Å². The molecule has 0 aromatic carbocycles. The molecule has 1 rings (SSSR count). The molecule has 0 aromatic heterocycles. The molecule has 0 radical (unpaired) electrons. The van der Waals surface area contributed by atoms with Crippen LogP contribution in [0, 0.1) is 0 Å². The predicted molar refractivity (Wildman–Crippen MR) is 29.7 cm³/mol. The molecule has 0 bridgehead atoms. The van der Waals surface area contributed by atoms with Gasteiger partial charge in [0.1, 0.15) is 0 Å². The van der Waals surface area contributed by atoms with E-state index in [1.807, 2.05) is 0 Å². The lowest BCUT2D eigenvalue weighted by molar-refractivity contribution is -0.212. The van der Waals surface area contributed by atoms with E-state index in [4.69, 9.17) is 5.11 Å². The Morgan fingerprint density at radius 3 is 1.75 bits per heavy atom. The van der Waals surface area contributed by atoms with Crippen LogP contribution in [0.25, 0.3) is 0 Å². The fraction of sp³-hybridized carbons (Fsp3) is 0.667. The highest BCUT2D eigenvalue weighted by atomic mass is 19.3. The summed E-state index contributed by atoms with van der Waals surface area (Å²) >= 11 is 0. The second kappa shape index (κ2) is 2.18. The highest BCUT2D eigenvalue weighted by molar-refractivity contribution is 5.41. The number of alkyl halides is 4. The van der Waals surface area contributed by atoms with Crippen LogP contribution < -0.4 is 0 Å². The minimum absolute atomic E-state index is 0.804. The van der Waals surface area contributed by atoms with Crippen molar-refractivity contribution in [2.24, 2.45) is 0 Å². The Balaban J connectivity index is 3.12. The molecule has 0 aromatic rings. The number of rotatable bonds is 1. The van der Waals surface area contributed by atoms with Gasteiger partial charge in [0.2, 0.25) is 0 Å². The van der Waals surface area contributed by atoms with Crippen LogP contribution in [0.2, 0.25) is 0 Å². The molecule has 1 aliphatic rings. The first-order valence-electron chi connectivity index (χ1n) is 3.07. The molecule has 0 fully saturated rings. The average molecular weight is 188 g/mol. The van der Waals surface area contributed by atoms with Gasteiger partial charge in [-0.3, -0.25) is 0 Å². The number of aliphatic hydroxyl groups is 1. The van der Waals surface area contributed by atoms with E-state index in [0.717, 1.165) is 6.92 Å². The molecule has 1 nitrogen and oxygen atoms in total.